The Hall–Kier alpha value is -2.83. The van der Waals surface area contributed by atoms with Crippen LogP contribution in [0, 0.1) is 0 Å². The van der Waals surface area contributed by atoms with Crippen molar-refractivity contribution in [2.75, 3.05) is 0 Å². The fourth-order valence-corrected chi connectivity index (χ4v) is 2.07. The first-order valence-corrected chi connectivity index (χ1v) is 6.55. The molecule has 0 heterocycles. The first-order valence-electron chi connectivity index (χ1n) is 6.55. The molecule has 4 nitrogen and oxygen atoms in total. The van der Waals surface area contributed by atoms with Gasteiger partial charge in [-0.15, -0.1) is 0 Å². The van der Waals surface area contributed by atoms with Gasteiger partial charge in [0.05, 0.1) is 11.1 Å². The van der Waals surface area contributed by atoms with Crippen molar-refractivity contribution in [2.24, 2.45) is 0 Å². The molecular weight excluding hydrogens is 311 g/mol. The van der Waals surface area contributed by atoms with Gasteiger partial charge in [-0.25, -0.2) is 4.79 Å². The number of hydrogen-bond acceptors (Lipinski definition) is 2. The fraction of sp³-hybridized carbons (Fsp3) is 0.125. The van der Waals surface area contributed by atoms with Crippen LogP contribution in [0.4, 0.5) is 13.2 Å². The van der Waals surface area contributed by atoms with E-state index in [9.17, 15) is 27.9 Å². The van der Waals surface area contributed by atoms with E-state index in [-0.39, 0.29) is 5.56 Å². The van der Waals surface area contributed by atoms with Gasteiger partial charge in [-0.05, 0) is 17.7 Å². The second kappa shape index (κ2) is 6.51. The van der Waals surface area contributed by atoms with E-state index in [0.717, 1.165) is 18.2 Å². The van der Waals surface area contributed by atoms with E-state index >= 15 is 0 Å². The molecule has 120 valence electrons. The number of aliphatic carboxylic acids is 1. The Morgan fingerprint density at radius 1 is 0.957 bits per heavy atom. The van der Waals surface area contributed by atoms with Crippen LogP contribution >= 0.6 is 0 Å². The Morgan fingerprint density at radius 3 is 2.09 bits per heavy atom. The standard InChI is InChI=1S/C16H12F3NO3/c17-16(18,19)12-9-5-4-8-11(12)14(21)20-13(15(22)23)10-6-2-1-3-7-10/h1-9,13H,(H,20,21)(H,22,23). The summed E-state index contributed by atoms with van der Waals surface area (Å²) < 4.78 is 38.8. The number of carboxylic acid groups (broad SMARTS) is 1. The number of halogens is 3. The molecule has 23 heavy (non-hydrogen) atoms. The highest BCUT2D eigenvalue weighted by atomic mass is 19.4. The lowest BCUT2D eigenvalue weighted by Gasteiger charge is -2.17. The number of rotatable bonds is 4. The number of carboxylic acids is 1. The monoisotopic (exact) mass is 323 g/mol. The largest absolute Gasteiger partial charge is 0.479 e. The Kier molecular flexibility index (Phi) is 4.68. The Bertz CT molecular complexity index is 714. The van der Waals surface area contributed by atoms with Gasteiger partial charge < -0.3 is 10.4 Å². The average Bonchev–Trinajstić information content (AvgIpc) is 2.52. The van der Waals surface area contributed by atoms with Crippen LogP contribution in [0.5, 0.6) is 0 Å². The Morgan fingerprint density at radius 2 is 1.52 bits per heavy atom. The van der Waals surface area contributed by atoms with E-state index in [1.165, 1.54) is 18.2 Å². The molecule has 0 aliphatic carbocycles. The van der Waals surface area contributed by atoms with Crippen molar-refractivity contribution in [3.8, 4) is 0 Å². The Labute approximate surface area is 129 Å². The van der Waals surface area contributed by atoms with E-state index < -0.39 is 35.2 Å². The van der Waals surface area contributed by atoms with Gasteiger partial charge in [0.25, 0.3) is 5.91 Å². The van der Waals surface area contributed by atoms with Crippen LogP contribution in [0.25, 0.3) is 0 Å². The minimum atomic E-state index is -4.71. The third-order valence-electron chi connectivity index (χ3n) is 3.13. The quantitative estimate of drug-likeness (QED) is 0.907. The van der Waals surface area contributed by atoms with Crippen LogP contribution in [-0.4, -0.2) is 17.0 Å². The van der Waals surface area contributed by atoms with E-state index in [2.05, 4.69) is 5.32 Å². The zero-order valence-corrected chi connectivity index (χ0v) is 11.7. The summed E-state index contributed by atoms with van der Waals surface area (Å²) in [6, 6.07) is 10.5. The molecule has 2 rings (SSSR count). The summed E-state index contributed by atoms with van der Waals surface area (Å²) in [5, 5.41) is 11.3. The molecule has 0 saturated heterocycles. The van der Waals surface area contributed by atoms with Crippen molar-refractivity contribution >= 4 is 11.9 Å². The summed E-state index contributed by atoms with van der Waals surface area (Å²) in [6.45, 7) is 0. The van der Waals surface area contributed by atoms with Gasteiger partial charge in [0.15, 0.2) is 6.04 Å². The molecule has 0 radical (unpaired) electrons. The van der Waals surface area contributed by atoms with Crippen molar-refractivity contribution in [3.05, 3.63) is 71.3 Å². The smallest absolute Gasteiger partial charge is 0.417 e. The van der Waals surface area contributed by atoms with Crippen LogP contribution in [0.3, 0.4) is 0 Å². The molecule has 7 heteroatoms. The SMILES string of the molecule is O=C(NC(C(=O)O)c1ccccc1)c1ccccc1C(F)(F)F. The number of amides is 1. The highest BCUT2D eigenvalue weighted by Crippen LogP contribution is 2.32. The molecule has 0 aromatic heterocycles. The zero-order valence-electron chi connectivity index (χ0n) is 11.7. The van der Waals surface area contributed by atoms with Gasteiger partial charge >= 0.3 is 12.1 Å². The minimum Gasteiger partial charge on any atom is -0.479 e. The van der Waals surface area contributed by atoms with Crippen LogP contribution in [0.1, 0.15) is 27.5 Å². The van der Waals surface area contributed by atoms with Crippen molar-refractivity contribution in [1.82, 2.24) is 5.32 Å². The van der Waals surface area contributed by atoms with Gasteiger partial charge in [-0.2, -0.15) is 13.2 Å². The third kappa shape index (κ3) is 3.88. The van der Waals surface area contributed by atoms with E-state index in [1.807, 2.05) is 0 Å². The first kappa shape index (κ1) is 16.5. The Balaban J connectivity index is 2.33. The summed E-state index contributed by atoms with van der Waals surface area (Å²) in [6.07, 6.45) is -4.71. The molecule has 0 aliphatic rings. The van der Waals surface area contributed by atoms with E-state index in [1.54, 1.807) is 18.2 Å². The number of carbonyl (C=O) groups is 2. The predicted octanol–water partition coefficient (Wildman–Crippen LogP) is 3.26. The molecule has 0 bridgehead atoms. The number of hydrogen-bond donors (Lipinski definition) is 2. The van der Waals surface area contributed by atoms with Crippen LogP contribution in [0.2, 0.25) is 0 Å². The first-order chi connectivity index (χ1) is 10.8. The van der Waals surface area contributed by atoms with Gasteiger partial charge in [0.2, 0.25) is 0 Å². The van der Waals surface area contributed by atoms with Gasteiger partial charge in [0.1, 0.15) is 0 Å². The van der Waals surface area contributed by atoms with Gasteiger partial charge in [-0.3, -0.25) is 4.79 Å². The second-order valence-corrected chi connectivity index (χ2v) is 4.70. The van der Waals surface area contributed by atoms with Crippen LogP contribution in [-0.2, 0) is 11.0 Å². The van der Waals surface area contributed by atoms with Crippen molar-refractivity contribution < 1.29 is 27.9 Å². The minimum absolute atomic E-state index is 0.262. The summed E-state index contributed by atoms with van der Waals surface area (Å²) in [7, 11) is 0. The molecule has 2 aromatic carbocycles. The topological polar surface area (TPSA) is 66.4 Å². The fourth-order valence-electron chi connectivity index (χ4n) is 2.07. The average molecular weight is 323 g/mol. The second-order valence-electron chi connectivity index (χ2n) is 4.70. The number of alkyl halides is 3. The molecular formula is C16H12F3NO3. The van der Waals surface area contributed by atoms with Crippen LogP contribution in [0.15, 0.2) is 54.6 Å². The highest BCUT2D eigenvalue weighted by Gasteiger charge is 2.35. The maximum absolute atomic E-state index is 12.9. The molecule has 0 aliphatic heterocycles. The van der Waals surface area contributed by atoms with E-state index in [0.29, 0.717) is 0 Å². The number of carbonyl (C=O) groups excluding carboxylic acids is 1. The lowest BCUT2D eigenvalue weighted by Crippen LogP contribution is -2.34. The third-order valence-corrected chi connectivity index (χ3v) is 3.13. The van der Waals surface area contributed by atoms with Gasteiger partial charge in [0, 0.05) is 0 Å². The predicted molar refractivity (Wildman–Crippen MR) is 75.7 cm³/mol. The molecule has 1 unspecified atom stereocenters. The normalized spacial score (nSPS) is 12.5. The summed E-state index contributed by atoms with van der Waals surface area (Å²) >= 11 is 0. The van der Waals surface area contributed by atoms with Crippen molar-refractivity contribution in [1.29, 1.82) is 0 Å². The lowest BCUT2D eigenvalue weighted by molar-refractivity contribution is -0.139. The van der Waals surface area contributed by atoms with Gasteiger partial charge in [-0.1, -0.05) is 42.5 Å². The van der Waals surface area contributed by atoms with Crippen LogP contribution < -0.4 is 5.32 Å². The van der Waals surface area contributed by atoms with E-state index in [4.69, 9.17) is 0 Å². The van der Waals surface area contributed by atoms with Crippen molar-refractivity contribution in [3.63, 3.8) is 0 Å². The summed E-state index contributed by atoms with van der Waals surface area (Å²) in [5.41, 5.74) is -1.48. The summed E-state index contributed by atoms with van der Waals surface area (Å²) in [5.74, 6) is -2.47. The maximum Gasteiger partial charge on any atom is 0.417 e. The highest BCUT2D eigenvalue weighted by molar-refractivity contribution is 5.98. The maximum atomic E-state index is 12.9. The zero-order chi connectivity index (χ0) is 17.0. The molecule has 2 N–H and O–H groups in total. The molecule has 0 saturated carbocycles. The molecule has 1 atom stereocenters. The molecule has 1 amide bonds. The molecule has 0 fully saturated rings. The van der Waals surface area contributed by atoms with Crippen molar-refractivity contribution in [2.45, 2.75) is 12.2 Å². The molecule has 0 spiro atoms. The molecule has 2 aromatic rings. The lowest BCUT2D eigenvalue weighted by atomic mass is 10.0. The summed E-state index contributed by atoms with van der Waals surface area (Å²) in [4.78, 5) is 23.4. The number of benzene rings is 2. The number of nitrogens with one attached hydrogen (secondary N) is 1.